The summed E-state index contributed by atoms with van der Waals surface area (Å²) in [7, 11) is 0. The molecule has 1 aromatic carbocycles. The molecular formula is C17H21N3O2S. The van der Waals surface area contributed by atoms with Crippen LogP contribution in [0.2, 0.25) is 0 Å². The van der Waals surface area contributed by atoms with Crippen LogP contribution in [0.5, 0.6) is 0 Å². The number of hydrazine groups is 1. The van der Waals surface area contributed by atoms with Crippen LogP contribution in [0.25, 0.3) is 10.9 Å². The summed E-state index contributed by atoms with van der Waals surface area (Å²) in [5.74, 6) is -0.348. The Balaban J connectivity index is 2.23. The van der Waals surface area contributed by atoms with Crippen molar-refractivity contribution >= 4 is 34.5 Å². The number of hydrogen-bond acceptors (Lipinski definition) is 4. The largest absolute Gasteiger partial charge is 0.274 e. The zero-order chi connectivity index (χ0) is 17.0. The minimum Gasteiger partial charge on any atom is -0.274 e. The van der Waals surface area contributed by atoms with Gasteiger partial charge in [0.15, 0.2) is 0 Å². The SMILES string of the molecule is CCc1cc2ccc(C)c(C)c2nc1SCC(=O)NNC(C)=O. The van der Waals surface area contributed by atoms with E-state index >= 15 is 0 Å². The molecule has 0 aliphatic heterocycles. The molecule has 1 aromatic heterocycles. The molecule has 2 rings (SSSR count). The lowest BCUT2D eigenvalue weighted by atomic mass is 10.0. The predicted octanol–water partition coefficient (Wildman–Crippen LogP) is 2.67. The summed E-state index contributed by atoms with van der Waals surface area (Å²) in [6.45, 7) is 7.55. The second-order valence-corrected chi connectivity index (χ2v) is 6.37. The highest BCUT2D eigenvalue weighted by Crippen LogP contribution is 2.28. The molecule has 6 heteroatoms. The Hall–Kier alpha value is -2.08. The van der Waals surface area contributed by atoms with Crippen LogP contribution in [0.1, 0.15) is 30.5 Å². The van der Waals surface area contributed by atoms with E-state index < -0.39 is 0 Å². The van der Waals surface area contributed by atoms with Gasteiger partial charge in [0.05, 0.1) is 11.3 Å². The summed E-state index contributed by atoms with van der Waals surface area (Å²) in [5, 5.41) is 1.99. The van der Waals surface area contributed by atoms with Gasteiger partial charge in [-0.15, -0.1) is 0 Å². The van der Waals surface area contributed by atoms with Crippen LogP contribution >= 0.6 is 11.8 Å². The number of thioether (sulfide) groups is 1. The average Bonchev–Trinajstić information content (AvgIpc) is 2.53. The first-order valence-electron chi connectivity index (χ1n) is 7.50. The van der Waals surface area contributed by atoms with Gasteiger partial charge in [0, 0.05) is 12.3 Å². The highest BCUT2D eigenvalue weighted by atomic mass is 32.2. The molecule has 0 spiro atoms. The van der Waals surface area contributed by atoms with Crippen LogP contribution in [-0.4, -0.2) is 22.6 Å². The van der Waals surface area contributed by atoms with Crippen molar-refractivity contribution in [1.82, 2.24) is 15.8 Å². The minimum absolute atomic E-state index is 0.205. The molecule has 0 saturated carbocycles. The van der Waals surface area contributed by atoms with Crippen molar-refractivity contribution in [2.45, 2.75) is 39.1 Å². The maximum Gasteiger partial charge on any atom is 0.248 e. The van der Waals surface area contributed by atoms with Gasteiger partial charge in [-0.1, -0.05) is 30.8 Å². The summed E-state index contributed by atoms with van der Waals surface area (Å²) in [5.41, 5.74) is 9.11. The molecule has 0 unspecified atom stereocenters. The quantitative estimate of drug-likeness (QED) is 0.667. The van der Waals surface area contributed by atoms with E-state index in [2.05, 4.69) is 49.8 Å². The van der Waals surface area contributed by atoms with Gasteiger partial charge in [-0.2, -0.15) is 0 Å². The zero-order valence-corrected chi connectivity index (χ0v) is 14.6. The summed E-state index contributed by atoms with van der Waals surface area (Å²) >= 11 is 1.39. The second-order valence-electron chi connectivity index (χ2n) is 5.40. The standard InChI is InChI=1S/C17H21N3O2S/c1-5-13-8-14-7-6-10(2)11(3)16(14)18-17(13)23-9-15(22)20-19-12(4)21/h6-8H,5,9H2,1-4H3,(H,19,21)(H,20,22). The van der Waals surface area contributed by atoms with Gasteiger partial charge in [0.1, 0.15) is 5.03 Å². The smallest absolute Gasteiger partial charge is 0.248 e. The highest BCUT2D eigenvalue weighted by molar-refractivity contribution is 7.99. The van der Waals surface area contributed by atoms with Gasteiger partial charge in [-0.3, -0.25) is 20.4 Å². The summed E-state index contributed by atoms with van der Waals surface area (Å²) in [6.07, 6.45) is 0.853. The third-order valence-electron chi connectivity index (χ3n) is 3.65. The van der Waals surface area contributed by atoms with E-state index in [4.69, 9.17) is 4.98 Å². The van der Waals surface area contributed by atoms with Crippen molar-refractivity contribution in [3.63, 3.8) is 0 Å². The van der Waals surface area contributed by atoms with E-state index in [-0.39, 0.29) is 17.6 Å². The van der Waals surface area contributed by atoms with Crippen molar-refractivity contribution in [2.24, 2.45) is 0 Å². The Labute approximate surface area is 140 Å². The molecule has 2 N–H and O–H groups in total. The number of carbonyl (C=O) groups excluding carboxylic acids is 2. The number of aryl methyl sites for hydroxylation is 3. The topological polar surface area (TPSA) is 71.1 Å². The number of nitrogens with one attached hydrogen (secondary N) is 2. The molecule has 23 heavy (non-hydrogen) atoms. The fourth-order valence-electron chi connectivity index (χ4n) is 2.22. The number of nitrogens with zero attached hydrogens (tertiary/aromatic N) is 1. The van der Waals surface area contributed by atoms with Crippen LogP contribution in [0.4, 0.5) is 0 Å². The van der Waals surface area contributed by atoms with Gasteiger partial charge in [-0.25, -0.2) is 4.98 Å². The third-order valence-corrected chi connectivity index (χ3v) is 4.68. The Morgan fingerprint density at radius 3 is 2.61 bits per heavy atom. The van der Waals surface area contributed by atoms with Crippen molar-refractivity contribution in [3.05, 3.63) is 34.9 Å². The fourth-order valence-corrected chi connectivity index (χ4v) is 3.10. The van der Waals surface area contributed by atoms with Crippen molar-refractivity contribution in [1.29, 1.82) is 0 Å². The average molecular weight is 331 g/mol. The number of rotatable bonds is 4. The Kier molecular flexibility index (Phi) is 5.60. The molecule has 0 aliphatic carbocycles. The van der Waals surface area contributed by atoms with Gasteiger partial charge >= 0.3 is 0 Å². The lowest BCUT2D eigenvalue weighted by Crippen LogP contribution is -2.41. The van der Waals surface area contributed by atoms with E-state index in [1.807, 2.05) is 0 Å². The maximum atomic E-state index is 11.7. The number of aromatic nitrogens is 1. The summed E-state index contributed by atoms with van der Waals surface area (Å²) < 4.78 is 0. The molecule has 0 atom stereocenters. The van der Waals surface area contributed by atoms with Gasteiger partial charge < -0.3 is 0 Å². The van der Waals surface area contributed by atoms with Crippen molar-refractivity contribution in [2.75, 3.05) is 5.75 Å². The molecule has 0 fully saturated rings. The Bertz CT molecular complexity index is 759. The summed E-state index contributed by atoms with van der Waals surface area (Å²) in [6, 6.07) is 6.33. The molecule has 0 bridgehead atoms. The predicted molar refractivity (Wildman–Crippen MR) is 93.3 cm³/mol. The lowest BCUT2D eigenvalue weighted by Gasteiger charge is -2.12. The highest BCUT2D eigenvalue weighted by Gasteiger charge is 2.11. The third kappa shape index (κ3) is 4.22. The van der Waals surface area contributed by atoms with E-state index in [0.717, 1.165) is 33.5 Å². The van der Waals surface area contributed by atoms with E-state index in [1.165, 1.54) is 24.2 Å². The maximum absolute atomic E-state index is 11.7. The van der Waals surface area contributed by atoms with Crippen LogP contribution in [0.3, 0.4) is 0 Å². The number of hydrogen-bond donors (Lipinski definition) is 2. The van der Waals surface area contributed by atoms with Crippen LogP contribution < -0.4 is 10.9 Å². The Morgan fingerprint density at radius 2 is 1.96 bits per heavy atom. The first-order valence-corrected chi connectivity index (χ1v) is 8.49. The number of carbonyl (C=O) groups is 2. The van der Waals surface area contributed by atoms with E-state index in [0.29, 0.717) is 0 Å². The fraction of sp³-hybridized carbons (Fsp3) is 0.353. The van der Waals surface area contributed by atoms with Crippen molar-refractivity contribution in [3.8, 4) is 0 Å². The second kappa shape index (κ2) is 7.46. The zero-order valence-electron chi connectivity index (χ0n) is 13.8. The van der Waals surface area contributed by atoms with Crippen LogP contribution in [0, 0.1) is 13.8 Å². The van der Waals surface area contributed by atoms with Gasteiger partial charge in [0.25, 0.3) is 0 Å². The molecule has 0 saturated heterocycles. The van der Waals surface area contributed by atoms with E-state index in [9.17, 15) is 9.59 Å². The van der Waals surface area contributed by atoms with Crippen LogP contribution in [-0.2, 0) is 16.0 Å². The van der Waals surface area contributed by atoms with Crippen LogP contribution in [0.15, 0.2) is 23.2 Å². The minimum atomic E-state index is -0.299. The first-order chi connectivity index (χ1) is 10.9. The molecule has 1 heterocycles. The monoisotopic (exact) mass is 331 g/mol. The summed E-state index contributed by atoms with van der Waals surface area (Å²) in [4.78, 5) is 27.3. The Morgan fingerprint density at radius 1 is 1.22 bits per heavy atom. The number of pyridine rings is 1. The number of fused-ring (bicyclic) bond motifs is 1. The molecule has 0 radical (unpaired) electrons. The van der Waals surface area contributed by atoms with Crippen molar-refractivity contribution < 1.29 is 9.59 Å². The van der Waals surface area contributed by atoms with E-state index in [1.54, 1.807) is 0 Å². The molecule has 5 nitrogen and oxygen atoms in total. The number of benzene rings is 1. The molecule has 122 valence electrons. The first kappa shape index (κ1) is 17.3. The number of amides is 2. The van der Waals surface area contributed by atoms with Gasteiger partial charge in [-0.05, 0) is 43.0 Å². The molecular weight excluding hydrogens is 310 g/mol. The lowest BCUT2D eigenvalue weighted by molar-refractivity contribution is -0.126. The molecule has 2 amide bonds. The van der Waals surface area contributed by atoms with Gasteiger partial charge in [0.2, 0.25) is 11.8 Å². The molecule has 0 aliphatic rings. The normalized spacial score (nSPS) is 10.6. The molecule has 2 aromatic rings.